The van der Waals surface area contributed by atoms with Crippen molar-refractivity contribution in [2.75, 3.05) is 6.61 Å². The van der Waals surface area contributed by atoms with Gasteiger partial charge in [0, 0.05) is 25.0 Å². The second-order valence-corrected chi connectivity index (χ2v) is 6.74. The molecule has 0 radical (unpaired) electrons. The Kier molecular flexibility index (Phi) is 5.66. The van der Waals surface area contributed by atoms with E-state index in [0.29, 0.717) is 12.5 Å². The largest absolute Gasteiger partial charge is 0.473 e. The molecule has 6 nitrogen and oxygen atoms in total. The molecule has 0 aromatic carbocycles. The molecule has 2 saturated carbocycles. The van der Waals surface area contributed by atoms with Crippen LogP contribution in [-0.4, -0.2) is 40.2 Å². The van der Waals surface area contributed by atoms with Crippen molar-refractivity contribution in [2.45, 2.75) is 76.0 Å². The number of amides is 1. The molecule has 1 aromatic heterocycles. The number of hydrogen-bond acceptors (Lipinski definition) is 5. The normalized spacial score (nSPS) is 26.0. The molecule has 0 atom stereocenters. The summed E-state index contributed by atoms with van der Waals surface area (Å²) in [5, 5.41) is 3.22. The summed E-state index contributed by atoms with van der Waals surface area (Å²) in [5.74, 6) is 0.659. The van der Waals surface area contributed by atoms with Gasteiger partial charge in [-0.2, -0.15) is 0 Å². The molecule has 3 rings (SSSR count). The number of carbonyl (C=O) groups excluding carboxylic acids is 1. The summed E-state index contributed by atoms with van der Waals surface area (Å²) < 4.78 is 11.7. The Hall–Kier alpha value is -1.69. The van der Waals surface area contributed by atoms with Crippen LogP contribution in [0.25, 0.3) is 0 Å². The first-order chi connectivity index (χ1) is 11.7. The molecule has 6 heteroatoms. The van der Waals surface area contributed by atoms with E-state index in [9.17, 15) is 4.79 Å². The highest BCUT2D eigenvalue weighted by Crippen LogP contribution is 2.34. The second-order valence-electron chi connectivity index (χ2n) is 6.74. The minimum absolute atomic E-state index is 0.0835. The molecule has 2 aliphatic rings. The van der Waals surface area contributed by atoms with Crippen LogP contribution in [0.5, 0.6) is 5.88 Å². The van der Waals surface area contributed by atoms with Crippen molar-refractivity contribution in [3.8, 4) is 5.88 Å². The summed E-state index contributed by atoms with van der Waals surface area (Å²) in [4.78, 5) is 20.9. The van der Waals surface area contributed by atoms with Crippen LogP contribution in [0.1, 0.15) is 58.3 Å². The molecule has 0 saturated heterocycles. The summed E-state index contributed by atoms with van der Waals surface area (Å²) in [6.07, 6.45) is 12.6. The summed E-state index contributed by atoms with van der Waals surface area (Å²) in [7, 11) is 0. The maximum absolute atomic E-state index is 12.7. The van der Waals surface area contributed by atoms with Crippen molar-refractivity contribution in [2.24, 2.45) is 0 Å². The zero-order chi connectivity index (χ0) is 16.8. The van der Waals surface area contributed by atoms with Gasteiger partial charge in [-0.3, -0.25) is 9.78 Å². The van der Waals surface area contributed by atoms with Gasteiger partial charge in [0.2, 0.25) is 5.88 Å². The molecule has 0 spiro atoms. The lowest BCUT2D eigenvalue weighted by Gasteiger charge is -2.33. The number of hydrogen-bond donors (Lipinski definition) is 1. The second kappa shape index (κ2) is 7.92. The average Bonchev–Trinajstić information content (AvgIpc) is 3.08. The molecule has 0 bridgehead atoms. The zero-order valence-corrected chi connectivity index (χ0v) is 14.4. The SMILES string of the molecule is CCOC1(C(=O)NC2CCC(Oc3cnccn3)CC2)CCCC1. The van der Waals surface area contributed by atoms with Crippen LogP contribution < -0.4 is 10.1 Å². The van der Waals surface area contributed by atoms with Crippen LogP contribution in [0.2, 0.25) is 0 Å². The fraction of sp³-hybridized carbons (Fsp3) is 0.722. The van der Waals surface area contributed by atoms with Gasteiger partial charge in [-0.1, -0.05) is 0 Å². The fourth-order valence-corrected chi connectivity index (χ4v) is 3.82. The highest BCUT2D eigenvalue weighted by Gasteiger charge is 2.42. The monoisotopic (exact) mass is 333 g/mol. The summed E-state index contributed by atoms with van der Waals surface area (Å²) >= 11 is 0. The van der Waals surface area contributed by atoms with Crippen molar-refractivity contribution >= 4 is 5.91 Å². The lowest BCUT2D eigenvalue weighted by molar-refractivity contribution is -0.147. The Morgan fingerprint density at radius 1 is 1.25 bits per heavy atom. The molecule has 2 fully saturated rings. The Morgan fingerprint density at radius 3 is 2.62 bits per heavy atom. The van der Waals surface area contributed by atoms with Gasteiger partial charge in [0.25, 0.3) is 5.91 Å². The Balaban J connectivity index is 1.47. The number of nitrogens with zero attached hydrogens (tertiary/aromatic N) is 2. The first-order valence-corrected chi connectivity index (χ1v) is 9.09. The third-order valence-electron chi connectivity index (χ3n) is 5.08. The molecule has 0 unspecified atom stereocenters. The van der Waals surface area contributed by atoms with Crippen molar-refractivity contribution in [3.63, 3.8) is 0 Å². The number of carbonyl (C=O) groups is 1. The topological polar surface area (TPSA) is 73.3 Å². The minimum Gasteiger partial charge on any atom is -0.473 e. The Labute approximate surface area is 143 Å². The van der Waals surface area contributed by atoms with Gasteiger partial charge in [0.05, 0.1) is 6.20 Å². The molecule has 1 N–H and O–H groups in total. The van der Waals surface area contributed by atoms with Gasteiger partial charge < -0.3 is 14.8 Å². The molecule has 1 aromatic rings. The van der Waals surface area contributed by atoms with Crippen LogP contribution in [-0.2, 0) is 9.53 Å². The van der Waals surface area contributed by atoms with Gasteiger partial charge in [0.1, 0.15) is 11.7 Å². The molecular formula is C18H27N3O3. The van der Waals surface area contributed by atoms with E-state index in [1.807, 2.05) is 6.92 Å². The van der Waals surface area contributed by atoms with Crippen molar-refractivity contribution in [1.82, 2.24) is 15.3 Å². The lowest BCUT2D eigenvalue weighted by atomic mass is 9.91. The van der Waals surface area contributed by atoms with Crippen molar-refractivity contribution < 1.29 is 14.3 Å². The average molecular weight is 333 g/mol. The van der Waals surface area contributed by atoms with Crippen LogP contribution in [0.3, 0.4) is 0 Å². The Bertz CT molecular complexity index is 524. The van der Waals surface area contributed by atoms with Gasteiger partial charge >= 0.3 is 0 Å². The zero-order valence-electron chi connectivity index (χ0n) is 14.4. The predicted octanol–water partition coefficient (Wildman–Crippen LogP) is 2.63. The van der Waals surface area contributed by atoms with Crippen molar-refractivity contribution in [1.29, 1.82) is 0 Å². The first kappa shape index (κ1) is 17.1. The summed E-state index contributed by atoms with van der Waals surface area (Å²) in [6, 6.07) is 0.220. The van der Waals surface area contributed by atoms with Gasteiger partial charge in [-0.25, -0.2) is 4.98 Å². The minimum atomic E-state index is -0.582. The van der Waals surface area contributed by atoms with Crippen molar-refractivity contribution in [3.05, 3.63) is 18.6 Å². The van der Waals surface area contributed by atoms with Gasteiger partial charge in [-0.05, 0) is 58.3 Å². The summed E-state index contributed by atoms with van der Waals surface area (Å²) in [5.41, 5.74) is -0.582. The number of ether oxygens (including phenoxy) is 2. The summed E-state index contributed by atoms with van der Waals surface area (Å²) in [6.45, 7) is 2.55. The molecular weight excluding hydrogens is 306 g/mol. The van der Waals surface area contributed by atoms with E-state index in [4.69, 9.17) is 9.47 Å². The third kappa shape index (κ3) is 4.04. The van der Waals surface area contributed by atoms with E-state index >= 15 is 0 Å². The van der Waals surface area contributed by atoms with E-state index in [2.05, 4.69) is 15.3 Å². The standard InChI is InChI=1S/C18H27N3O3/c1-2-23-18(9-3-4-10-18)17(22)21-14-5-7-15(8-6-14)24-16-13-19-11-12-20-16/h11-15H,2-10H2,1H3,(H,21,22). The molecule has 2 aliphatic carbocycles. The smallest absolute Gasteiger partial charge is 0.252 e. The first-order valence-electron chi connectivity index (χ1n) is 9.09. The molecule has 1 amide bonds. The van der Waals surface area contributed by atoms with Crippen LogP contribution in [0, 0.1) is 0 Å². The highest BCUT2D eigenvalue weighted by atomic mass is 16.5. The van der Waals surface area contributed by atoms with Crippen LogP contribution in [0.4, 0.5) is 0 Å². The maximum Gasteiger partial charge on any atom is 0.252 e. The fourth-order valence-electron chi connectivity index (χ4n) is 3.82. The van der Waals surface area contributed by atoms with Crippen LogP contribution >= 0.6 is 0 Å². The molecule has 1 heterocycles. The number of aromatic nitrogens is 2. The van der Waals surface area contributed by atoms with E-state index in [1.165, 1.54) is 0 Å². The number of rotatable bonds is 6. The quantitative estimate of drug-likeness (QED) is 0.866. The molecule has 132 valence electrons. The Morgan fingerprint density at radius 2 is 2.00 bits per heavy atom. The van der Waals surface area contributed by atoms with E-state index < -0.39 is 5.60 Å². The predicted molar refractivity (Wildman–Crippen MR) is 89.7 cm³/mol. The number of nitrogens with one attached hydrogen (secondary N) is 1. The molecule has 0 aliphatic heterocycles. The van der Waals surface area contributed by atoms with Gasteiger partial charge in [-0.15, -0.1) is 0 Å². The van der Waals surface area contributed by atoms with E-state index in [-0.39, 0.29) is 18.1 Å². The molecule has 24 heavy (non-hydrogen) atoms. The highest BCUT2D eigenvalue weighted by molar-refractivity contribution is 5.85. The van der Waals surface area contributed by atoms with Gasteiger partial charge in [0.15, 0.2) is 0 Å². The third-order valence-corrected chi connectivity index (χ3v) is 5.08. The maximum atomic E-state index is 12.7. The van der Waals surface area contributed by atoms with E-state index in [0.717, 1.165) is 51.4 Å². The lowest BCUT2D eigenvalue weighted by Crippen LogP contribution is -2.51. The van der Waals surface area contributed by atoms with Crippen LogP contribution in [0.15, 0.2) is 18.6 Å². The van der Waals surface area contributed by atoms with E-state index in [1.54, 1.807) is 18.6 Å².